The Kier molecular flexibility index (Phi) is 10.1. The molecule has 31 heavy (non-hydrogen) atoms. The predicted molar refractivity (Wildman–Crippen MR) is 113 cm³/mol. The zero-order valence-electron chi connectivity index (χ0n) is 18.5. The third-order valence-corrected chi connectivity index (χ3v) is 7.06. The summed E-state index contributed by atoms with van der Waals surface area (Å²) >= 11 is 0. The number of hydrogen-bond donors (Lipinski definition) is 5. The van der Waals surface area contributed by atoms with Crippen molar-refractivity contribution >= 4 is 31.2 Å². The number of carbonyl (C=O) groups is 4. The minimum Gasteiger partial charge on any atom is -0.341 e. The van der Waals surface area contributed by atoms with Gasteiger partial charge in [0.2, 0.25) is 11.7 Å². The Bertz CT molecular complexity index is 741. The first-order valence-corrected chi connectivity index (χ1v) is 12.4. The molecule has 1 aliphatic heterocycles. The number of rotatable bonds is 11. The van der Waals surface area contributed by atoms with Crippen molar-refractivity contribution in [2.75, 3.05) is 0 Å². The second kappa shape index (κ2) is 11.4. The van der Waals surface area contributed by atoms with Gasteiger partial charge in [0.05, 0.1) is 0 Å². The van der Waals surface area contributed by atoms with Gasteiger partial charge >= 0.3 is 25.3 Å². The lowest BCUT2D eigenvalue weighted by molar-refractivity contribution is -0.718. The summed E-state index contributed by atoms with van der Waals surface area (Å²) < 4.78 is 10.5. The number of imide groups is 3. The third kappa shape index (κ3) is 6.06. The molecular formula is C19H36N4O7P+. The van der Waals surface area contributed by atoms with Gasteiger partial charge in [-0.2, -0.15) is 0 Å². The molecule has 0 aromatic carbocycles. The summed E-state index contributed by atoms with van der Waals surface area (Å²) in [6.45, 7) is 4.66. The molecule has 0 bridgehead atoms. The molecule has 4 amide bonds. The first-order valence-electron chi connectivity index (χ1n) is 10.7. The summed E-state index contributed by atoms with van der Waals surface area (Å²) in [4.78, 5) is 72.2. The van der Waals surface area contributed by atoms with Crippen LogP contribution < -0.4 is 16.8 Å². The molecule has 11 nitrogen and oxygen atoms in total. The standard InChI is InChI=1S/C19H35N4O7P/c1-4-6-7-9-14(21)18(26)23(12(3)31(28,29)30,17(25)13(20)8-5-2)19(27)15-10-11-16(24)22-15/h12-15H,4-11,20-21H2,1-3H3,(H2-,22,24,28,29,30)/p+1/t12-,13+,14?,15+,23?/m1/s1. The van der Waals surface area contributed by atoms with Crippen LogP contribution in [-0.4, -0.2) is 61.8 Å². The van der Waals surface area contributed by atoms with Crippen molar-refractivity contribution in [1.82, 2.24) is 5.32 Å². The van der Waals surface area contributed by atoms with Crippen LogP contribution in [0, 0.1) is 0 Å². The molecule has 12 heteroatoms. The number of nitrogens with two attached hydrogens (primary N) is 2. The Balaban J connectivity index is 3.64. The van der Waals surface area contributed by atoms with E-state index in [9.17, 15) is 33.5 Å². The summed E-state index contributed by atoms with van der Waals surface area (Å²) in [6.07, 6.45) is 2.82. The van der Waals surface area contributed by atoms with Crippen molar-refractivity contribution in [3.8, 4) is 0 Å². The molecule has 1 fully saturated rings. The molecule has 0 saturated carbocycles. The zero-order chi connectivity index (χ0) is 24.0. The molecule has 0 spiro atoms. The molecule has 1 saturated heterocycles. The lowest BCUT2D eigenvalue weighted by atomic mass is 10.0. The van der Waals surface area contributed by atoms with Crippen LogP contribution in [0.5, 0.6) is 0 Å². The molecule has 5 atom stereocenters. The molecule has 178 valence electrons. The second-order valence-corrected chi connectivity index (χ2v) is 10.0. The van der Waals surface area contributed by atoms with Gasteiger partial charge in [0.1, 0.15) is 18.1 Å². The Labute approximate surface area is 182 Å². The number of nitrogens with one attached hydrogen (secondary N) is 1. The fraction of sp³-hybridized carbons (Fsp3) is 0.789. The van der Waals surface area contributed by atoms with E-state index in [0.717, 1.165) is 19.8 Å². The maximum atomic E-state index is 13.6. The van der Waals surface area contributed by atoms with Crippen molar-refractivity contribution in [2.24, 2.45) is 11.5 Å². The average molecular weight is 463 g/mol. The Morgan fingerprint density at radius 3 is 2.06 bits per heavy atom. The van der Waals surface area contributed by atoms with Crippen molar-refractivity contribution in [1.29, 1.82) is 0 Å². The topological polar surface area (TPSA) is 190 Å². The summed E-state index contributed by atoms with van der Waals surface area (Å²) in [5, 5.41) is 2.39. The fourth-order valence-electron chi connectivity index (χ4n) is 3.84. The van der Waals surface area contributed by atoms with E-state index in [4.69, 9.17) is 11.5 Å². The van der Waals surface area contributed by atoms with Gasteiger partial charge in [0.15, 0.2) is 0 Å². The minimum atomic E-state index is -5.14. The van der Waals surface area contributed by atoms with Crippen molar-refractivity contribution in [3.63, 3.8) is 0 Å². The normalized spacial score (nSPS) is 21.6. The summed E-state index contributed by atoms with van der Waals surface area (Å²) in [5.74, 6) is -5.80. The number of hydrogen-bond acceptors (Lipinski definition) is 7. The highest BCUT2D eigenvalue weighted by Crippen LogP contribution is 2.47. The Morgan fingerprint density at radius 1 is 1.10 bits per heavy atom. The molecule has 1 rings (SSSR count). The Hall–Kier alpha value is -1.49. The number of amides is 4. The average Bonchev–Trinajstić information content (AvgIpc) is 3.13. The highest BCUT2D eigenvalue weighted by atomic mass is 31.2. The second-order valence-electron chi connectivity index (χ2n) is 8.11. The number of unbranched alkanes of at least 4 members (excludes halogenated alkanes) is 2. The van der Waals surface area contributed by atoms with Gasteiger partial charge in [-0.1, -0.05) is 39.5 Å². The van der Waals surface area contributed by atoms with Crippen LogP contribution in [0.3, 0.4) is 0 Å². The van der Waals surface area contributed by atoms with Crippen LogP contribution in [0.2, 0.25) is 0 Å². The third-order valence-electron chi connectivity index (χ3n) is 5.74. The van der Waals surface area contributed by atoms with Crippen LogP contribution in [0.1, 0.15) is 72.1 Å². The molecule has 0 aromatic rings. The van der Waals surface area contributed by atoms with E-state index in [1.807, 2.05) is 6.92 Å². The van der Waals surface area contributed by atoms with Gasteiger partial charge in [0, 0.05) is 13.3 Å². The zero-order valence-corrected chi connectivity index (χ0v) is 19.3. The van der Waals surface area contributed by atoms with Gasteiger partial charge < -0.3 is 26.6 Å². The van der Waals surface area contributed by atoms with E-state index in [2.05, 4.69) is 5.32 Å². The first kappa shape index (κ1) is 27.5. The summed E-state index contributed by atoms with van der Waals surface area (Å²) in [5.41, 5.74) is 12.0. The van der Waals surface area contributed by atoms with Gasteiger partial charge in [-0.3, -0.25) is 9.36 Å². The fourth-order valence-corrected chi connectivity index (χ4v) is 4.64. The molecule has 1 heterocycles. The molecule has 1 aliphatic rings. The van der Waals surface area contributed by atoms with Crippen LogP contribution in [0.25, 0.3) is 0 Å². The van der Waals surface area contributed by atoms with E-state index in [1.165, 1.54) is 0 Å². The molecular weight excluding hydrogens is 427 g/mol. The van der Waals surface area contributed by atoms with Gasteiger partial charge in [0.25, 0.3) is 0 Å². The summed E-state index contributed by atoms with van der Waals surface area (Å²) in [6, 6.07) is -3.86. The van der Waals surface area contributed by atoms with Gasteiger partial charge in [-0.15, -0.1) is 4.48 Å². The van der Waals surface area contributed by atoms with E-state index in [0.29, 0.717) is 12.8 Å². The summed E-state index contributed by atoms with van der Waals surface area (Å²) in [7, 11) is -5.14. The van der Waals surface area contributed by atoms with Crippen LogP contribution in [-0.2, 0) is 23.7 Å². The number of carbonyl (C=O) groups excluding carboxylic acids is 4. The van der Waals surface area contributed by atoms with Gasteiger partial charge in [-0.25, -0.2) is 14.4 Å². The highest BCUT2D eigenvalue weighted by Gasteiger charge is 2.65. The molecule has 7 N–H and O–H groups in total. The smallest absolute Gasteiger partial charge is 0.341 e. The maximum absolute atomic E-state index is 13.6. The minimum absolute atomic E-state index is 0.000193. The predicted octanol–water partition coefficient (Wildman–Crippen LogP) is 0.220. The van der Waals surface area contributed by atoms with E-state index >= 15 is 0 Å². The first-order chi connectivity index (χ1) is 14.3. The highest BCUT2D eigenvalue weighted by molar-refractivity contribution is 7.52. The molecule has 0 aliphatic carbocycles. The lowest BCUT2D eigenvalue weighted by Crippen LogP contribution is -2.74. The van der Waals surface area contributed by atoms with Gasteiger partial charge in [-0.05, 0) is 19.3 Å². The van der Waals surface area contributed by atoms with Crippen LogP contribution in [0.15, 0.2) is 0 Å². The van der Waals surface area contributed by atoms with Crippen molar-refractivity contribution in [3.05, 3.63) is 0 Å². The largest absolute Gasteiger partial charge is 0.383 e. The quantitative estimate of drug-likeness (QED) is 0.162. The Morgan fingerprint density at radius 2 is 1.65 bits per heavy atom. The molecule has 0 aromatic heterocycles. The van der Waals surface area contributed by atoms with Crippen LogP contribution >= 0.6 is 7.60 Å². The van der Waals surface area contributed by atoms with Crippen LogP contribution in [0.4, 0.5) is 0 Å². The van der Waals surface area contributed by atoms with E-state index in [-0.39, 0.29) is 25.7 Å². The van der Waals surface area contributed by atoms with Crippen molar-refractivity contribution in [2.45, 2.75) is 96.0 Å². The monoisotopic (exact) mass is 463 g/mol. The van der Waals surface area contributed by atoms with Crippen molar-refractivity contribution < 1.29 is 38.0 Å². The molecule has 0 radical (unpaired) electrons. The number of nitrogens with zero attached hydrogens (tertiary/aromatic N) is 1. The SMILES string of the molecule is CCCCCC(N)C(=O)[N+](C(=O)[C@@H]1CCC(=O)N1)(C(=O)[C@@H](N)CCC)[C@@H](C)P(=O)(O)O. The number of quaternary nitrogens is 1. The van der Waals surface area contributed by atoms with E-state index < -0.39 is 59.6 Å². The van der Waals surface area contributed by atoms with E-state index in [1.54, 1.807) is 6.92 Å². The lowest BCUT2D eigenvalue weighted by Gasteiger charge is -2.39. The molecule has 2 unspecified atom stereocenters. The maximum Gasteiger partial charge on any atom is 0.383 e.